The van der Waals surface area contributed by atoms with Crippen LogP contribution in [0, 0.1) is 0 Å². The Morgan fingerprint density at radius 1 is 1.25 bits per heavy atom. The van der Waals surface area contributed by atoms with Crippen LogP contribution in [0.3, 0.4) is 0 Å². The molecule has 2 unspecified atom stereocenters. The summed E-state index contributed by atoms with van der Waals surface area (Å²) >= 11 is 2.23. The summed E-state index contributed by atoms with van der Waals surface area (Å²) in [6, 6.07) is 0.483. The van der Waals surface area contributed by atoms with Crippen LogP contribution in [0.15, 0.2) is 0 Å². The number of rotatable bonds is 1. The molecule has 4 radical (unpaired) electrons. The molecule has 5 heteroatoms. The molecule has 0 spiro atoms. The van der Waals surface area contributed by atoms with Gasteiger partial charge in [0.05, 0.1) is 15.7 Å². The molecule has 1 fully saturated rings. The zero-order chi connectivity index (χ0) is 9.30. The van der Waals surface area contributed by atoms with Crippen molar-refractivity contribution in [2.24, 2.45) is 0 Å². The zero-order valence-corrected chi connectivity index (χ0v) is 9.73. The van der Waals surface area contributed by atoms with E-state index in [0.717, 1.165) is 13.1 Å². The Hall–Kier alpha value is 0.780. The summed E-state index contributed by atoms with van der Waals surface area (Å²) in [7, 11) is 11.8. The molecule has 1 aliphatic rings. The van der Waals surface area contributed by atoms with Crippen LogP contribution in [0.25, 0.3) is 0 Å². The fourth-order valence-electron chi connectivity index (χ4n) is 1.45. The maximum Gasteiger partial charge on any atom is 0.0939 e. The van der Waals surface area contributed by atoms with Gasteiger partial charge in [0.15, 0.2) is 0 Å². The van der Waals surface area contributed by atoms with Crippen LogP contribution in [-0.4, -0.2) is 54.7 Å². The Labute approximate surface area is 91.4 Å². The van der Waals surface area contributed by atoms with Crippen molar-refractivity contribution in [3.8, 4) is 0 Å². The van der Waals surface area contributed by atoms with E-state index < -0.39 is 0 Å². The standard InChI is InChI=1S/C7H13B2IN2/c1-5(2)11-3-7(9)12(10)4-6(11)8/h5-7H,3-4H2,1-2H3. The topological polar surface area (TPSA) is 6.48 Å². The lowest BCUT2D eigenvalue weighted by Crippen LogP contribution is -2.57. The van der Waals surface area contributed by atoms with Crippen molar-refractivity contribution in [2.75, 3.05) is 13.1 Å². The lowest BCUT2D eigenvalue weighted by Gasteiger charge is -2.44. The van der Waals surface area contributed by atoms with Gasteiger partial charge in [0.1, 0.15) is 0 Å². The highest BCUT2D eigenvalue weighted by Crippen LogP contribution is 2.17. The summed E-state index contributed by atoms with van der Waals surface area (Å²) in [5.74, 6) is 0.245. The molecule has 0 saturated carbocycles. The molecule has 0 aliphatic carbocycles. The smallest absolute Gasteiger partial charge is 0.0939 e. The number of piperazine rings is 1. The normalized spacial score (nSPS) is 34.3. The van der Waals surface area contributed by atoms with Crippen molar-refractivity contribution < 1.29 is 0 Å². The maximum absolute atomic E-state index is 5.96. The second-order valence-corrected chi connectivity index (χ2v) is 4.75. The monoisotopic (exact) mass is 274 g/mol. The van der Waals surface area contributed by atoms with Crippen LogP contribution in [0.1, 0.15) is 13.8 Å². The van der Waals surface area contributed by atoms with Crippen molar-refractivity contribution in [1.82, 2.24) is 8.01 Å². The molecule has 1 saturated heterocycles. The van der Waals surface area contributed by atoms with Crippen molar-refractivity contribution >= 4 is 38.6 Å². The number of halogens is 1. The third-order valence-corrected chi connectivity index (χ3v) is 3.32. The van der Waals surface area contributed by atoms with Crippen LogP contribution in [0.5, 0.6) is 0 Å². The Morgan fingerprint density at radius 2 is 1.83 bits per heavy atom. The van der Waals surface area contributed by atoms with Crippen LogP contribution in [0.4, 0.5) is 0 Å². The maximum atomic E-state index is 5.96. The molecule has 0 aromatic heterocycles. The largest absolute Gasteiger partial charge is 0.305 e. The van der Waals surface area contributed by atoms with Gasteiger partial charge < -0.3 is 4.90 Å². The minimum Gasteiger partial charge on any atom is -0.305 e. The van der Waals surface area contributed by atoms with Crippen molar-refractivity contribution in [3.63, 3.8) is 0 Å². The molecule has 0 N–H and O–H groups in total. The molecule has 1 rings (SSSR count). The van der Waals surface area contributed by atoms with Crippen LogP contribution in [-0.2, 0) is 0 Å². The molecule has 2 nitrogen and oxygen atoms in total. The molecule has 64 valence electrons. The van der Waals surface area contributed by atoms with Crippen molar-refractivity contribution in [1.29, 1.82) is 0 Å². The summed E-state index contributed by atoms with van der Waals surface area (Å²) in [6.45, 7) is 6.01. The fourth-order valence-corrected chi connectivity index (χ4v) is 2.03. The van der Waals surface area contributed by atoms with E-state index in [2.05, 4.69) is 44.7 Å². The molecule has 12 heavy (non-hydrogen) atoms. The molecule has 0 bridgehead atoms. The number of hydrogen-bond donors (Lipinski definition) is 0. The van der Waals surface area contributed by atoms with E-state index in [1.807, 2.05) is 0 Å². The van der Waals surface area contributed by atoms with Gasteiger partial charge >= 0.3 is 0 Å². The highest BCUT2D eigenvalue weighted by atomic mass is 127. The predicted molar refractivity (Wildman–Crippen MR) is 61.7 cm³/mol. The lowest BCUT2D eigenvalue weighted by atomic mass is 9.85. The minimum atomic E-state index is 0.118. The van der Waals surface area contributed by atoms with Gasteiger partial charge in [-0.1, -0.05) is 0 Å². The molecule has 0 amide bonds. The Morgan fingerprint density at radius 3 is 2.33 bits per heavy atom. The number of nitrogens with zero attached hydrogens (tertiary/aromatic N) is 2. The van der Waals surface area contributed by atoms with Crippen molar-refractivity contribution in [3.05, 3.63) is 0 Å². The van der Waals surface area contributed by atoms with Gasteiger partial charge in [-0.05, 0) is 25.7 Å². The third-order valence-electron chi connectivity index (χ3n) is 2.21. The second kappa shape index (κ2) is 4.33. The fraction of sp³-hybridized carbons (Fsp3) is 1.00. The summed E-state index contributed by atoms with van der Waals surface area (Å²) in [5, 5.41) is 0. The first-order valence-corrected chi connectivity index (χ1v) is 5.18. The molecule has 1 aliphatic heterocycles. The van der Waals surface area contributed by atoms with Crippen LogP contribution < -0.4 is 0 Å². The Balaban J connectivity index is 2.55. The van der Waals surface area contributed by atoms with E-state index in [9.17, 15) is 0 Å². The summed E-state index contributed by atoms with van der Waals surface area (Å²) in [6.07, 6.45) is 0. The molecule has 0 aromatic rings. The van der Waals surface area contributed by atoms with Gasteiger partial charge in [-0.2, -0.15) is 0 Å². The van der Waals surface area contributed by atoms with Gasteiger partial charge in [-0.3, -0.25) is 3.11 Å². The predicted octanol–water partition coefficient (Wildman–Crippen LogP) is 0.352. The van der Waals surface area contributed by atoms with Gasteiger partial charge in [0.2, 0.25) is 0 Å². The highest BCUT2D eigenvalue weighted by molar-refractivity contribution is 14.1. The zero-order valence-electron chi connectivity index (χ0n) is 7.57. The van der Waals surface area contributed by atoms with E-state index in [1.165, 1.54) is 0 Å². The third kappa shape index (κ3) is 2.39. The first kappa shape index (κ1) is 10.9. The van der Waals surface area contributed by atoms with E-state index in [-0.39, 0.29) is 11.9 Å². The quantitative estimate of drug-likeness (QED) is 0.387. The van der Waals surface area contributed by atoms with Gasteiger partial charge in [-0.25, -0.2) is 0 Å². The summed E-state index contributed by atoms with van der Waals surface area (Å²) in [5.41, 5.74) is 0. The molecule has 0 aromatic carbocycles. The molecule has 1 heterocycles. The highest BCUT2D eigenvalue weighted by Gasteiger charge is 2.27. The van der Waals surface area contributed by atoms with E-state index in [1.54, 1.807) is 0 Å². The average molecular weight is 274 g/mol. The first-order valence-electron chi connectivity index (χ1n) is 4.21. The van der Waals surface area contributed by atoms with E-state index in [0.29, 0.717) is 6.04 Å². The minimum absolute atomic E-state index is 0.118. The van der Waals surface area contributed by atoms with Crippen LogP contribution in [0.2, 0.25) is 0 Å². The Bertz CT molecular complexity index is 156. The van der Waals surface area contributed by atoms with E-state index >= 15 is 0 Å². The Kier molecular flexibility index (Phi) is 3.92. The van der Waals surface area contributed by atoms with Gasteiger partial charge in [0.25, 0.3) is 0 Å². The van der Waals surface area contributed by atoms with Gasteiger partial charge in [0, 0.05) is 42.0 Å². The second-order valence-electron chi connectivity index (χ2n) is 3.51. The molecular weight excluding hydrogens is 261 g/mol. The summed E-state index contributed by atoms with van der Waals surface area (Å²) < 4.78 is 2.07. The van der Waals surface area contributed by atoms with Crippen molar-refractivity contribution in [2.45, 2.75) is 31.8 Å². The van der Waals surface area contributed by atoms with Gasteiger partial charge in [-0.15, -0.1) is 0 Å². The summed E-state index contributed by atoms with van der Waals surface area (Å²) in [4.78, 5) is 2.24. The van der Waals surface area contributed by atoms with Crippen LogP contribution >= 0.6 is 22.9 Å². The molecule has 2 atom stereocenters. The van der Waals surface area contributed by atoms with E-state index in [4.69, 9.17) is 15.7 Å². The average Bonchev–Trinajstić information content (AvgIpc) is 1.96. The molecular formula is C7H13B2IN2. The first-order chi connectivity index (χ1) is 5.52. The SMILES string of the molecule is [B]C1CN(C(C)C)C([B])CN1I. The lowest BCUT2D eigenvalue weighted by molar-refractivity contribution is 0.130. The number of hydrogen-bond acceptors (Lipinski definition) is 2.